The predicted molar refractivity (Wildman–Crippen MR) is 114 cm³/mol. The van der Waals surface area contributed by atoms with E-state index in [2.05, 4.69) is 21.8 Å². The SMILES string of the molecule is COc1cccc2c(C)cc(-n3ncc(C#N)c3NC(=O)NC3CCCCC3)nc12. The number of para-hydroxylation sites is 1. The van der Waals surface area contributed by atoms with E-state index in [1.54, 1.807) is 7.11 Å². The standard InChI is InChI=1S/C22H24N6O2/c1-14-11-19(26-20-17(14)9-6-10-18(20)30-2)28-21(15(12-23)13-24-28)27-22(29)25-16-7-4-3-5-8-16/h6,9-11,13,16H,3-5,7-8H2,1-2H3,(H2,25,27,29). The van der Waals surface area contributed by atoms with Gasteiger partial charge >= 0.3 is 6.03 Å². The van der Waals surface area contributed by atoms with Gasteiger partial charge in [0.25, 0.3) is 0 Å². The number of amides is 2. The summed E-state index contributed by atoms with van der Waals surface area (Å²) in [6.07, 6.45) is 6.83. The van der Waals surface area contributed by atoms with Crippen molar-refractivity contribution in [2.75, 3.05) is 12.4 Å². The fraction of sp³-hybridized carbons (Fsp3) is 0.364. The summed E-state index contributed by atoms with van der Waals surface area (Å²) in [7, 11) is 1.60. The molecule has 1 aliphatic rings. The van der Waals surface area contributed by atoms with Crippen LogP contribution in [0.25, 0.3) is 16.7 Å². The molecule has 0 saturated heterocycles. The molecule has 30 heavy (non-hydrogen) atoms. The molecule has 1 saturated carbocycles. The highest BCUT2D eigenvalue weighted by atomic mass is 16.5. The number of pyridine rings is 1. The number of fused-ring (bicyclic) bond motifs is 1. The van der Waals surface area contributed by atoms with Gasteiger partial charge in [0.05, 0.1) is 13.3 Å². The lowest BCUT2D eigenvalue weighted by Gasteiger charge is -2.23. The van der Waals surface area contributed by atoms with Crippen molar-refractivity contribution < 1.29 is 9.53 Å². The molecule has 0 bridgehead atoms. The maximum Gasteiger partial charge on any atom is 0.320 e. The smallest absolute Gasteiger partial charge is 0.320 e. The van der Waals surface area contributed by atoms with E-state index in [1.807, 2.05) is 31.2 Å². The number of nitrogens with one attached hydrogen (secondary N) is 2. The van der Waals surface area contributed by atoms with Crippen LogP contribution >= 0.6 is 0 Å². The molecule has 2 heterocycles. The quantitative estimate of drug-likeness (QED) is 0.682. The Hall–Kier alpha value is -3.60. The van der Waals surface area contributed by atoms with Crippen LogP contribution in [0.5, 0.6) is 5.75 Å². The van der Waals surface area contributed by atoms with E-state index >= 15 is 0 Å². The fourth-order valence-electron chi connectivity index (χ4n) is 3.95. The molecule has 4 rings (SSSR count). The van der Waals surface area contributed by atoms with Crippen LogP contribution in [0.1, 0.15) is 43.2 Å². The third-order valence-electron chi connectivity index (χ3n) is 5.49. The molecule has 2 aromatic heterocycles. The Morgan fingerprint density at radius 3 is 2.83 bits per heavy atom. The number of benzene rings is 1. The molecule has 2 N–H and O–H groups in total. The largest absolute Gasteiger partial charge is 0.494 e. The summed E-state index contributed by atoms with van der Waals surface area (Å²) >= 11 is 0. The van der Waals surface area contributed by atoms with Gasteiger partial charge in [-0.2, -0.15) is 15.0 Å². The van der Waals surface area contributed by atoms with Gasteiger partial charge in [-0.1, -0.05) is 31.4 Å². The third-order valence-corrected chi connectivity index (χ3v) is 5.49. The molecule has 3 aromatic rings. The van der Waals surface area contributed by atoms with E-state index in [0.29, 0.717) is 22.9 Å². The molecular weight excluding hydrogens is 380 g/mol. The maximum absolute atomic E-state index is 12.6. The van der Waals surface area contributed by atoms with Crippen LogP contribution in [0.4, 0.5) is 10.6 Å². The second-order valence-corrected chi connectivity index (χ2v) is 7.52. The lowest BCUT2D eigenvalue weighted by atomic mass is 9.96. The van der Waals surface area contributed by atoms with Gasteiger partial charge in [-0.3, -0.25) is 5.32 Å². The molecule has 1 fully saturated rings. The molecular formula is C22H24N6O2. The second-order valence-electron chi connectivity index (χ2n) is 7.52. The number of carbonyl (C=O) groups is 1. The zero-order chi connectivity index (χ0) is 21.1. The van der Waals surface area contributed by atoms with Crippen molar-refractivity contribution in [3.8, 4) is 17.6 Å². The van der Waals surface area contributed by atoms with E-state index < -0.39 is 0 Å². The van der Waals surface area contributed by atoms with Gasteiger partial charge in [0.1, 0.15) is 22.9 Å². The van der Waals surface area contributed by atoms with Crippen molar-refractivity contribution in [2.45, 2.75) is 45.1 Å². The van der Waals surface area contributed by atoms with Crippen LogP contribution in [0.3, 0.4) is 0 Å². The van der Waals surface area contributed by atoms with Crippen LogP contribution in [0, 0.1) is 18.3 Å². The van der Waals surface area contributed by atoms with Crippen molar-refractivity contribution in [1.82, 2.24) is 20.1 Å². The molecule has 1 aliphatic carbocycles. The van der Waals surface area contributed by atoms with E-state index in [4.69, 9.17) is 9.72 Å². The van der Waals surface area contributed by atoms with Gasteiger partial charge in [0.15, 0.2) is 11.6 Å². The van der Waals surface area contributed by atoms with Crippen molar-refractivity contribution >= 4 is 22.8 Å². The highest BCUT2D eigenvalue weighted by molar-refractivity contribution is 5.91. The minimum absolute atomic E-state index is 0.158. The Morgan fingerprint density at radius 2 is 2.10 bits per heavy atom. The van der Waals surface area contributed by atoms with Gasteiger partial charge in [0.2, 0.25) is 0 Å². The monoisotopic (exact) mass is 404 g/mol. The van der Waals surface area contributed by atoms with Gasteiger partial charge in [0, 0.05) is 11.4 Å². The number of urea groups is 1. The average Bonchev–Trinajstić information content (AvgIpc) is 3.16. The van der Waals surface area contributed by atoms with Gasteiger partial charge in [-0.15, -0.1) is 0 Å². The van der Waals surface area contributed by atoms with Gasteiger partial charge < -0.3 is 10.1 Å². The van der Waals surface area contributed by atoms with Crippen LogP contribution in [0.15, 0.2) is 30.5 Å². The highest BCUT2D eigenvalue weighted by Gasteiger charge is 2.20. The van der Waals surface area contributed by atoms with Crippen molar-refractivity contribution in [3.63, 3.8) is 0 Å². The zero-order valence-electron chi connectivity index (χ0n) is 17.1. The molecule has 1 aromatic carbocycles. The maximum atomic E-state index is 12.6. The summed E-state index contributed by atoms with van der Waals surface area (Å²) < 4.78 is 6.94. The van der Waals surface area contributed by atoms with E-state index in [9.17, 15) is 10.1 Å². The first-order valence-electron chi connectivity index (χ1n) is 10.1. The Balaban J connectivity index is 1.69. The van der Waals surface area contributed by atoms with E-state index in [1.165, 1.54) is 17.3 Å². The Bertz CT molecular complexity index is 1120. The number of aryl methyl sites for hydroxylation is 1. The minimum atomic E-state index is -0.338. The number of nitrogens with zero attached hydrogens (tertiary/aromatic N) is 4. The summed E-state index contributed by atoms with van der Waals surface area (Å²) in [6.45, 7) is 1.98. The normalized spacial score (nSPS) is 14.3. The Kier molecular flexibility index (Phi) is 5.53. The molecule has 2 amide bonds. The van der Waals surface area contributed by atoms with Crippen LogP contribution < -0.4 is 15.4 Å². The lowest BCUT2D eigenvalue weighted by molar-refractivity contribution is 0.244. The number of hydrogen-bond acceptors (Lipinski definition) is 5. The number of carbonyl (C=O) groups excluding carboxylic acids is 1. The predicted octanol–water partition coefficient (Wildman–Crippen LogP) is 4.06. The molecule has 0 atom stereocenters. The summed E-state index contributed by atoms with van der Waals surface area (Å²) in [5.74, 6) is 1.44. The number of hydrogen-bond donors (Lipinski definition) is 2. The first-order chi connectivity index (χ1) is 14.6. The summed E-state index contributed by atoms with van der Waals surface area (Å²) in [5, 5.41) is 20.6. The molecule has 8 heteroatoms. The van der Waals surface area contributed by atoms with Crippen molar-refractivity contribution in [3.05, 3.63) is 41.6 Å². The van der Waals surface area contributed by atoms with Gasteiger partial charge in [-0.25, -0.2) is 9.78 Å². The number of nitriles is 1. The number of aromatic nitrogens is 3. The molecule has 0 aliphatic heterocycles. The van der Waals surface area contributed by atoms with Crippen LogP contribution in [-0.4, -0.2) is 33.9 Å². The second kappa shape index (κ2) is 8.41. The molecule has 0 radical (unpaired) electrons. The van der Waals surface area contributed by atoms with Gasteiger partial charge in [-0.05, 0) is 37.5 Å². The van der Waals surface area contributed by atoms with E-state index in [-0.39, 0.29) is 17.6 Å². The van der Waals surface area contributed by atoms with Crippen molar-refractivity contribution in [1.29, 1.82) is 5.26 Å². The third kappa shape index (κ3) is 3.79. The summed E-state index contributed by atoms with van der Waals surface area (Å²) in [5.41, 5.74) is 1.95. The number of ether oxygens (including phenoxy) is 1. The first-order valence-corrected chi connectivity index (χ1v) is 10.1. The molecule has 154 valence electrons. The fourth-order valence-corrected chi connectivity index (χ4v) is 3.95. The average molecular weight is 404 g/mol. The molecule has 8 nitrogen and oxygen atoms in total. The Labute approximate surface area is 174 Å². The number of anilines is 1. The molecule has 0 spiro atoms. The first kappa shape index (κ1) is 19.7. The Morgan fingerprint density at radius 1 is 1.30 bits per heavy atom. The highest BCUT2D eigenvalue weighted by Crippen LogP contribution is 2.29. The van der Waals surface area contributed by atoms with Crippen molar-refractivity contribution in [2.24, 2.45) is 0 Å². The minimum Gasteiger partial charge on any atom is -0.494 e. The molecule has 0 unspecified atom stereocenters. The van der Waals surface area contributed by atoms with E-state index in [0.717, 1.165) is 36.6 Å². The number of rotatable bonds is 4. The van der Waals surface area contributed by atoms with Crippen LogP contribution in [-0.2, 0) is 0 Å². The number of methoxy groups -OCH3 is 1. The summed E-state index contributed by atoms with van der Waals surface area (Å²) in [4.78, 5) is 17.3. The topological polar surface area (TPSA) is 105 Å². The zero-order valence-corrected chi connectivity index (χ0v) is 17.1. The summed E-state index contributed by atoms with van der Waals surface area (Å²) in [6, 6.07) is 9.53. The van der Waals surface area contributed by atoms with Crippen LogP contribution in [0.2, 0.25) is 0 Å². The lowest BCUT2D eigenvalue weighted by Crippen LogP contribution is -2.39.